The van der Waals surface area contributed by atoms with Crippen molar-refractivity contribution in [2.75, 3.05) is 19.0 Å². The average Bonchev–Trinajstić information content (AvgIpc) is 3.62. The van der Waals surface area contributed by atoms with Crippen LogP contribution >= 0.6 is 23.1 Å². The van der Waals surface area contributed by atoms with Crippen LogP contribution in [0.3, 0.4) is 0 Å². The van der Waals surface area contributed by atoms with Gasteiger partial charge in [0.2, 0.25) is 5.91 Å². The van der Waals surface area contributed by atoms with E-state index in [1.165, 1.54) is 30.6 Å². The van der Waals surface area contributed by atoms with E-state index in [4.69, 9.17) is 9.47 Å². The lowest BCUT2D eigenvalue weighted by atomic mass is 9.74. The summed E-state index contributed by atoms with van der Waals surface area (Å²) in [6.07, 6.45) is 3.74. The van der Waals surface area contributed by atoms with Gasteiger partial charge in [0, 0.05) is 27.3 Å². The van der Waals surface area contributed by atoms with Crippen molar-refractivity contribution in [2.24, 2.45) is 17.8 Å². The molecule has 6 rings (SSSR count). The number of aromatic nitrogens is 1. The number of nitrogens with one attached hydrogen (secondary N) is 1. The molecule has 1 aromatic heterocycles. The summed E-state index contributed by atoms with van der Waals surface area (Å²) in [5.74, 6) is 2.06. The van der Waals surface area contributed by atoms with Gasteiger partial charge in [-0.2, -0.15) is 0 Å². The summed E-state index contributed by atoms with van der Waals surface area (Å²) in [4.78, 5) is 39.2. The smallest absolute Gasteiger partial charge is 0.338 e. The number of carbonyl (C=O) groups is 2. The van der Waals surface area contributed by atoms with Crippen LogP contribution in [-0.4, -0.2) is 35.4 Å². The first kappa shape index (κ1) is 25.2. The van der Waals surface area contributed by atoms with Gasteiger partial charge in [0.25, 0.3) is 0 Å². The number of ether oxygens (including phenoxy) is 2. The SMILES string of the molecule is CCOC(=O)c1ccc(NC(=O)Cn2c3c(sc2=O)[C@H](c2ccccc2OC)C2C4CCC(C4)C2S3)cc1. The largest absolute Gasteiger partial charge is 0.496 e. The molecular formula is C29H30N2O5S2. The lowest BCUT2D eigenvalue weighted by Gasteiger charge is -2.40. The molecule has 4 unspecified atom stereocenters. The number of thioether (sulfide) groups is 1. The molecule has 198 valence electrons. The van der Waals surface area contributed by atoms with E-state index in [9.17, 15) is 14.4 Å². The highest BCUT2D eigenvalue weighted by molar-refractivity contribution is 8.00. The highest BCUT2D eigenvalue weighted by atomic mass is 32.2. The van der Waals surface area contributed by atoms with Crippen LogP contribution in [0.2, 0.25) is 0 Å². The second-order valence-electron chi connectivity index (χ2n) is 10.2. The molecule has 3 aromatic rings. The fourth-order valence-corrected chi connectivity index (χ4v) is 9.75. The number of anilines is 1. The molecule has 5 atom stereocenters. The predicted molar refractivity (Wildman–Crippen MR) is 148 cm³/mol. The van der Waals surface area contributed by atoms with Gasteiger partial charge < -0.3 is 14.8 Å². The molecule has 2 bridgehead atoms. The van der Waals surface area contributed by atoms with Crippen molar-refractivity contribution in [1.82, 2.24) is 4.57 Å². The number of hydrogen-bond donors (Lipinski definition) is 1. The van der Waals surface area contributed by atoms with Gasteiger partial charge in [-0.25, -0.2) is 4.79 Å². The summed E-state index contributed by atoms with van der Waals surface area (Å²) >= 11 is 3.08. The van der Waals surface area contributed by atoms with Crippen molar-refractivity contribution in [1.29, 1.82) is 0 Å². The van der Waals surface area contributed by atoms with Crippen molar-refractivity contribution < 1.29 is 19.1 Å². The van der Waals surface area contributed by atoms with E-state index >= 15 is 0 Å². The normalized spacial score (nSPS) is 24.9. The lowest BCUT2D eigenvalue weighted by Crippen LogP contribution is -2.35. The van der Waals surface area contributed by atoms with Crippen LogP contribution in [0.25, 0.3) is 0 Å². The monoisotopic (exact) mass is 550 g/mol. The lowest BCUT2D eigenvalue weighted by molar-refractivity contribution is -0.116. The third kappa shape index (κ3) is 4.35. The zero-order valence-corrected chi connectivity index (χ0v) is 23.0. The number of methoxy groups -OCH3 is 1. The van der Waals surface area contributed by atoms with Crippen LogP contribution in [0.15, 0.2) is 58.4 Å². The fraction of sp³-hybridized carbons (Fsp3) is 0.414. The van der Waals surface area contributed by atoms with Crippen molar-refractivity contribution in [3.8, 4) is 5.75 Å². The van der Waals surface area contributed by atoms with Gasteiger partial charge in [0.15, 0.2) is 0 Å². The topological polar surface area (TPSA) is 86.6 Å². The molecule has 0 radical (unpaired) electrons. The summed E-state index contributed by atoms with van der Waals surface area (Å²) in [7, 11) is 1.70. The van der Waals surface area contributed by atoms with Gasteiger partial charge in [-0.05, 0) is 74.3 Å². The first-order valence-corrected chi connectivity index (χ1v) is 14.8. The highest BCUT2D eigenvalue weighted by Gasteiger charge is 2.55. The van der Waals surface area contributed by atoms with Gasteiger partial charge in [-0.15, -0.1) is 11.8 Å². The Balaban J connectivity index is 1.29. The first-order valence-electron chi connectivity index (χ1n) is 13.1. The standard InChI is InChI=1S/C29H30N2O5S2/c1-3-36-28(33)16-10-12-19(13-11-16)30-22(32)15-31-27-26(38-29(31)34)24(20-6-4-5-7-21(20)35-2)23-17-8-9-18(14-17)25(23)37-27/h4-7,10-13,17-18,23-25H,3,8-9,14-15H2,1-2H3,(H,30,32)/t17?,18?,23?,24-,25?/m1/s1. The molecule has 9 heteroatoms. The van der Waals surface area contributed by atoms with E-state index in [1.807, 2.05) is 30.0 Å². The molecule has 2 aliphatic carbocycles. The maximum atomic E-state index is 13.3. The molecule has 2 saturated carbocycles. The Kier molecular flexibility index (Phi) is 6.82. The number of esters is 1. The van der Waals surface area contributed by atoms with Crippen molar-refractivity contribution in [2.45, 2.75) is 48.9 Å². The number of thiazole rings is 1. The van der Waals surface area contributed by atoms with E-state index in [0.717, 1.165) is 21.2 Å². The minimum atomic E-state index is -0.401. The molecule has 1 amide bonds. The Bertz CT molecular complexity index is 1430. The first-order chi connectivity index (χ1) is 18.5. The highest BCUT2D eigenvalue weighted by Crippen LogP contribution is 2.64. The molecule has 0 spiro atoms. The number of benzene rings is 2. The van der Waals surface area contributed by atoms with Crippen LogP contribution in [0.1, 0.15) is 52.9 Å². The Labute approximate surface area is 229 Å². The van der Waals surface area contributed by atoms with Crippen molar-refractivity contribution in [3.63, 3.8) is 0 Å². The number of para-hydroxylation sites is 1. The maximum Gasteiger partial charge on any atom is 0.338 e. The van der Waals surface area contributed by atoms with E-state index < -0.39 is 5.97 Å². The van der Waals surface area contributed by atoms with Crippen LogP contribution in [0.5, 0.6) is 5.75 Å². The molecule has 1 N–H and O–H groups in total. The van der Waals surface area contributed by atoms with E-state index in [0.29, 0.717) is 40.9 Å². The van der Waals surface area contributed by atoms with Crippen molar-refractivity contribution >= 4 is 40.7 Å². The molecule has 38 heavy (non-hydrogen) atoms. The fourth-order valence-electron chi connectivity index (χ4n) is 6.61. The maximum absolute atomic E-state index is 13.3. The number of amides is 1. The third-order valence-electron chi connectivity index (χ3n) is 8.15. The molecular weight excluding hydrogens is 520 g/mol. The van der Waals surface area contributed by atoms with Crippen LogP contribution in [0.4, 0.5) is 5.69 Å². The predicted octanol–water partition coefficient (Wildman–Crippen LogP) is 5.39. The quantitative estimate of drug-likeness (QED) is 0.397. The summed E-state index contributed by atoms with van der Waals surface area (Å²) in [6.45, 7) is 2.00. The Morgan fingerprint density at radius 3 is 2.61 bits per heavy atom. The van der Waals surface area contributed by atoms with Gasteiger partial charge in [-0.3, -0.25) is 14.2 Å². The molecule has 2 aromatic carbocycles. The van der Waals surface area contributed by atoms with Crippen LogP contribution < -0.4 is 14.9 Å². The molecule has 0 saturated heterocycles. The molecule has 1 aliphatic heterocycles. The van der Waals surface area contributed by atoms with Crippen LogP contribution in [-0.2, 0) is 16.1 Å². The number of hydrogen-bond acceptors (Lipinski definition) is 7. The van der Waals surface area contributed by atoms with Gasteiger partial charge >= 0.3 is 10.8 Å². The second-order valence-corrected chi connectivity index (χ2v) is 12.3. The Morgan fingerprint density at radius 1 is 1.08 bits per heavy atom. The number of rotatable bonds is 7. The molecule has 3 aliphatic rings. The van der Waals surface area contributed by atoms with Gasteiger partial charge in [-0.1, -0.05) is 29.5 Å². The molecule has 2 heterocycles. The number of fused-ring (bicyclic) bond motifs is 6. The summed E-state index contributed by atoms with van der Waals surface area (Å²) < 4.78 is 12.4. The molecule has 7 nitrogen and oxygen atoms in total. The van der Waals surface area contributed by atoms with E-state index in [1.54, 1.807) is 42.9 Å². The average molecular weight is 551 g/mol. The Morgan fingerprint density at radius 2 is 1.84 bits per heavy atom. The summed E-state index contributed by atoms with van der Waals surface area (Å²) in [5, 5.41) is 4.24. The van der Waals surface area contributed by atoms with Gasteiger partial charge in [0.1, 0.15) is 12.3 Å². The minimum Gasteiger partial charge on any atom is -0.496 e. The third-order valence-corrected chi connectivity index (χ3v) is 11.0. The zero-order chi connectivity index (χ0) is 26.4. The summed E-state index contributed by atoms with van der Waals surface area (Å²) in [6, 6.07) is 14.7. The van der Waals surface area contributed by atoms with Gasteiger partial charge in [0.05, 0.1) is 24.3 Å². The second kappa shape index (κ2) is 10.3. The Hall–Kier alpha value is -3.04. The van der Waals surface area contributed by atoms with Crippen molar-refractivity contribution in [3.05, 3.63) is 74.2 Å². The number of nitrogens with zero attached hydrogens (tertiary/aromatic N) is 1. The van der Waals surface area contributed by atoms with E-state index in [-0.39, 0.29) is 23.2 Å². The molecule has 2 fully saturated rings. The van der Waals surface area contributed by atoms with E-state index in [2.05, 4.69) is 11.4 Å². The van der Waals surface area contributed by atoms with Crippen LogP contribution in [0, 0.1) is 17.8 Å². The number of carbonyl (C=O) groups excluding carboxylic acids is 2. The zero-order valence-electron chi connectivity index (χ0n) is 21.3. The summed E-state index contributed by atoms with van der Waals surface area (Å²) in [5.41, 5.74) is 2.12. The minimum absolute atomic E-state index is 0.0541.